The largest absolute Gasteiger partial charge is 0.300 e. The van der Waals surface area contributed by atoms with Gasteiger partial charge in [-0.3, -0.25) is 9.88 Å². The minimum absolute atomic E-state index is 0.397. The molecule has 178 valence electrons. The molecule has 6 unspecified atom stereocenters. The van der Waals surface area contributed by atoms with Crippen LogP contribution in [0.1, 0.15) is 76.7 Å². The summed E-state index contributed by atoms with van der Waals surface area (Å²) in [4.78, 5) is 7.18. The van der Waals surface area contributed by atoms with Crippen LogP contribution >= 0.6 is 0 Å². The molecule has 2 heteroatoms. The van der Waals surface area contributed by atoms with E-state index in [-0.39, 0.29) is 0 Å². The Morgan fingerprint density at radius 2 is 1.91 bits per heavy atom. The first-order chi connectivity index (χ1) is 16.6. The van der Waals surface area contributed by atoms with E-state index in [9.17, 15) is 0 Å². The third-order valence-corrected chi connectivity index (χ3v) is 10.8. The number of nitrogens with zero attached hydrogens (tertiary/aromatic N) is 2. The molecule has 0 amide bonds. The lowest BCUT2D eigenvalue weighted by atomic mass is 9.60. The highest BCUT2D eigenvalue weighted by atomic mass is 15.2. The van der Waals surface area contributed by atoms with Crippen molar-refractivity contribution < 1.29 is 0 Å². The molecule has 0 spiro atoms. The number of hydrogen-bond donors (Lipinski definition) is 0. The van der Waals surface area contributed by atoms with Crippen molar-refractivity contribution in [1.29, 1.82) is 0 Å². The Morgan fingerprint density at radius 3 is 2.79 bits per heavy atom. The van der Waals surface area contributed by atoms with Gasteiger partial charge in [0.2, 0.25) is 0 Å². The fourth-order valence-electron chi connectivity index (χ4n) is 8.94. The van der Waals surface area contributed by atoms with Gasteiger partial charge in [0, 0.05) is 36.9 Å². The third-order valence-electron chi connectivity index (χ3n) is 10.8. The maximum Gasteiger partial charge on any atom is 0.0346 e. The van der Waals surface area contributed by atoms with Crippen molar-refractivity contribution in [2.75, 3.05) is 13.1 Å². The van der Waals surface area contributed by atoms with Crippen LogP contribution in [0.3, 0.4) is 0 Å². The molecule has 6 atom stereocenters. The lowest BCUT2D eigenvalue weighted by Gasteiger charge is -2.46. The fraction of sp³-hybridized carbons (Fsp3) is 0.594. The van der Waals surface area contributed by atoms with E-state index in [0.29, 0.717) is 11.3 Å². The second kappa shape index (κ2) is 8.05. The summed E-state index contributed by atoms with van der Waals surface area (Å²) in [5, 5.41) is 2.61. The Hall–Kier alpha value is -1.93. The van der Waals surface area contributed by atoms with E-state index in [4.69, 9.17) is 0 Å². The van der Waals surface area contributed by atoms with E-state index < -0.39 is 0 Å². The van der Waals surface area contributed by atoms with E-state index in [0.717, 1.165) is 29.7 Å². The number of rotatable bonds is 2. The minimum atomic E-state index is 0.397. The second-order valence-corrected chi connectivity index (χ2v) is 12.7. The highest BCUT2D eigenvalue weighted by Gasteiger charge is 2.52. The SMILES string of the molecule is CC1CN(C2CCC3=CC4=CCC5(C)C(c6ccc7ccncc7c6)CCC5C4CCC3C2)C1. The van der Waals surface area contributed by atoms with E-state index >= 15 is 0 Å². The molecule has 1 saturated heterocycles. The van der Waals surface area contributed by atoms with Crippen molar-refractivity contribution in [3.05, 3.63) is 65.5 Å². The Kier molecular flexibility index (Phi) is 5.06. The number of aromatic nitrogens is 1. The van der Waals surface area contributed by atoms with Crippen molar-refractivity contribution in [3.8, 4) is 0 Å². The van der Waals surface area contributed by atoms with Crippen LogP contribution in [0.2, 0.25) is 0 Å². The van der Waals surface area contributed by atoms with E-state index in [1.807, 2.05) is 12.4 Å². The van der Waals surface area contributed by atoms with Crippen LogP contribution in [0.4, 0.5) is 0 Å². The average Bonchev–Trinajstić information content (AvgIpc) is 3.07. The lowest BCUT2D eigenvalue weighted by molar-refractivity contribution is 0.0393. The van der Waals surface area contributed by atoms with Crippen molar-refractivity contribution in [1.82, 2.24) is 9.88 Å². The predicted octanol–water partition coefficient (Wildman–Crippen LogP) is 7.52. The molecule has 0 radical (unpaired) electrons. The van der Waals surface area contributed by atoms with Gasteiger partial charge < -0.3 is 0 Å². The van der Waals surface area contributed by atoms with Gasteiger partial charge in [0.1, 0.15) is 0 Å². The molecule has 4 aliphatic carbocycles. The summed E-state index contributed by atoms with van der Waals surface area (Å²) in [7, 11) is 0. The van der Waals surface area contributed by atoms with Crippen LogP contribution in [-0.4, -0.2) is 29.0 Å². The maximum atomic E-state index is 4.39. The highest BCUT2D eigenvalue weighted by Crippen LogP contribution is 2.62. The fourth-order valence-corrected chi connectivity index (χ4v) is 8.94. The van der Waals surface area contributed by atoms with Crippen LogP contribution in [0, 0.1) is 29.1 Å². The van der Waals surface area contributed by atoms with Gasteiger partial charge in [-0.1, -0.05) is 43.7 Å². The van der Waals surface area contributed by atoms with Gasteiger partial charge in [0.15, 0.2) is 0 Å². The molecule has 1 aromatic carbocycles. The summed E-state index contributed by atoms with van der Waals surface area (Å²) in [5.74, 6) is 4.07. The van der Waals surface area contributed by atoms with Crippen LogP contribution in [-0.2, 0) is 0 Å². The van der Waals surface area contributed by atoms with Gasteiger partial charge in [0.05, 0.1) is 0 Å². The van der Waals surface area contributed by atoms with Crippen LogP contribution in [0.15, 0.2) is 60.0 Å². The average molecular weight is 453 g/mol. The standard InChI is InChI=1S/C32H40N2/c1-21-19-34(20-21)28-7-5-23-15-25-11-13-32(2)30(9-10-31(32)29(25)8-6-24(23)17-28)26-4-3-22-12-14-33-18-27(22)16-26/h3-4,11-12,14-16,18,21,24,28-31H,5-10,13,17,19-20H2,1-2H3. The van der Waals surface area contributed by atoms with Gasteiger partial charge in [-0.05, 0) is 115 Å². The molecule has 2 nitrogen and oxygen atoms in total. The van der Waals surface area contributed by atoms with E-state index in [1.54, 1.807) is 16.7 Å². The number of fused-ring (bicyclic) bond motifs is 5. The Morgan fingerprint density at radius 1 is 1.00 bits per heavy atom. The Balaban J connectivity index is 1.13. The van der Waals surface area contributed by atoms with Crippen molar-refractivity contribution in [3.63, 3.8) is 0 Å². The first kappa shape index (κ1) is 21.4. The van der Waals surface area contributed by atoms with Gasteiger partial charge in [0.25, 0.3) is 0 Å². The first-order valence-electron chi connectivity index (χ1n) is 14.1. The van der Waals surface area contributed by atoms with Crippen LogP contribution in [0.25, 0.3) is 10.8 Å². The number of likely N-dealkylation sites (tertiary alicyclic amines) is 1. The van der Waals surface area contributed by atoms with Crippen LogP contribution in [0.5, 0.6) is 0 Å². The Bertz CT molecular complexity index is 1150. The summed E-state index contributed by atoms with van der Waals surface area (Å²) in [5.41, 5.74) is 5.47. The highest BCUT2D eigenvalue weighted by molar-refractivity contribution is 5.82. The summed E-state index contributed by atoms with van der Waals surface area (Å²) >= 11 is 0. The zero-order valence-corrected chi connectivity index (χ0v) is 21.0. The normalized spacial score (nSPS) is 38.2. The molecule has 7 rings (SSSR count). The van der Waals surface area contributed by atoms with E-state index in [1.165, 1.54) is 75.2 Å². The Labute approximate surface area is 205 Å². The zero-order chi connectivity index (χ0) is 22.9. The summed E-state index contributed by atoms with van der Waals surface area (Å²) < 4.78 is 0. The van der Waals surface area contributed by atoms with Gasteiger partial charge in [-0.25, -0.2) is 0 Å². The smallest absolute Gasteiger partial charge is 0.0346 e. The summed E-state index contributed by atoms with van der Waals surface area (Å²) in [6, 6.07) is 10.2. The third kappa shape index (κ3) is 3.35. The first-order valence-corrected chi connectivity index (χ1v) is 14.1. The molecule has 3 fully saturated rings. The topological polar surface area (TPSA) is 16.1 Å². The zero-order valence-electron chi connectivity index (χ0n) is 21.0. The molecule has 5 aliphatic rings. The molecule has 1 aliphatic heterocycles. The molecule has 2 aromatic rings. The molecule has 34 heavy (non-hydrogen) atoms. The maximum absolute atomic E-state index is 4.39. The molecular formula is C32H40N2. The molecule has 0 bridgehead atoms. The van der Waals surface area contributed by atoms with Crippen molar-refractivity contribution in [2.45, 2.75) is 77.2 Å². The molecule has 2 heterocycles. The van der Waals surface area contributed by atoms with Gasteiger partial charge in [-0.15, -0.1) is 0 Å². The molecular weight excluding hydrogens is 412 g/mol. The predicted molar refractivity (Wildman–Crippen MR) is 141 cm³/mol. The van der Waals surface area contributed by atoms with Crippen molar-refractivity contribution >= 4 is 10.8 Å². The monoisotopic (exact) mass is 452 g/mol. The minimum Gasteiger partial charge on any atom is -0.300 e. The number of pyridine rings is 1. The summed E-state index contributed by atoms with van der Waals surface area (Å²) in [6.07, 6.45) is 20.3. The molecule has 2 saturated carbocycles. The quantitative estimate of drug-likeness (QED) is 0.468. The van der Waals surface area contributed by atoms with Crippen molar-refractivity contribution in [2.24, 2.45) is 29.1 Å². The van der Waals surface area contributed by atoms with E-state index in [2.05, 4.69) is 60.1 Å². The number of benzene rings is 1. The lowest BCUT2D eigenvalue weighted by Crippen LogP contribution is -2.52. The van der Waals surface area contributed by atoms with Gasteiger partial charge >= 0.3 is 0 Å². The van der Waals surface area contributed by atoms with Gasteiger partial charge in [-0.2, -0.15) is 0 Å². The van der Waals surface area contributed by atoms with Crippen LogP contribution < -0.4 is 0 Å². The molecule has 1 aromatic heterocycles. The molecule has 0 N–H and O–H groups in total. The summed E-state index contributed by atoms with van der Waals surface area (Å²) in [6.45, 7) is 7.73. The number of hydrogen-bond acceptors (Lipinski definition) is 2. The number of allylic oxidation sites excluding steroid dienone is 4. The second-order valence-electron chi connectivity index (χ2n) is 12.7.